The Morgan fingerprint density at radius 2 is 1.70 bits per heavy atom. The molecule has 1 atom stereocenters. The maximum Gasteiger partial charge on any atom is 0.124 e. The quantitative estimate of drug-likeness (QED) is 0.601. The largest absolute Gasteiger partial charge is 0.493 e. The van der Waals surface area contributed by atoms with E-state index in [2.05, 4.69) is 32.0 Å². The van der Waals surface area contributed by atoms with Crippen LogP contribution in [0.25, 0.3) is 0 Å². The molecule has 2 N–H and O–H groups in total. The summed E-state index contributed by atoms with van der Waals surface area (Å²) < 4.78 is 5.90. The van der Waals surface area contributed by atoms with Gasteiger partial charge in [0, 0.05) is 11.6 Å². The molecule has 20 heavy (non-hydrogen) atoms. The first-order valence-corrected chi connectivity index (χ1v) is 8.14. The fourth-order valence-electron chi connectivity index (χ4n) is 2.40. The monoisotopic (exact) mass is 277 g/mol. The molecule has 0 bridgehead atoms. The molecular weight excluding hydrogens is 246 g/mol. The van der Waals surface area contributed by atoms with Crippen LogP contribution in [-0.2, 0) is 0 Å². The van der Waals surface area contributed by atoms with Crippen molar-refractivity contribution in [2.24, 2.45) is 5.73 Å². The summed E-state index contributed by atoms with van der Waals surface area (Å²) in [6.07, 6.45) is 9.17. The molecule has 1 rings (SSSR count). The zero-order valence-electron chi connectivity index (χ0n) is 13.5. The summed E-state index contributed by atoms with van der Waals surface area (Å²) in [6.45, 7) is 7.16. The van der Waals surface area contributed by atoms with Crippen LogP contribution in [0.1, 0.15) is 76.0 Å². The average Bonchev–Trinajstić information content (AvgIpc) is 2.43. The number of aryl methyl sites for hydroxylation is 1. The second-order valence-corrected chi connectivity index (χ2v) is 5.80. The molecule has 1 aromatic rings. The first kappa shape index (κ1) is 17.0. The van der Waals surface area contributed by atoms with E-state index in [4.69, 9.17) is 10.5 Å². The van der Waals surface area contributed by atoms with Crippen molar-refractivity contribution in [1.82, 2.24) is 0 Å². The number of unbranched alkanes of at least 4 members (excludes halogenated alkanes) is 6. The third-order valence-electron chi connectivity index (χ3n) is 3.66. The van der Waals surface area contributed by atoms with Gasteiger partial charge in [-0.25, -0.2) is 0 Å². The van der Waals surface area contributed by atoms with Crippen LogP contribution in [-0.4, -0.2) is 6.61 Å². The number of benzene rings is 1. The molecule has 1 aromatic carbocycles. The van der Waals surface area contributed by atoms with Crippen molar-refractivity contribution in [3.8, 4) is 5.75 Å². The Morgan fingerprint density at radius 3 is 2.35 bits per heavy atom. The van der Waals surface area contributed by atoms with E-state index >= 15 is 0 Å². The summed E-state index contributed by atoms with van der Waals surface area (Å²) >= 11 is 0. The first-order chi connectivity index (χ1) is 9.65. The highest BCUT2D eigenvalue weighted by molar-refractivity contribution is 5.38. The summed E-state index contributed by atoms with van der Waals surface area (Å²) in [5, 5.41) is 0. The van der Waals surface area contributed by atoms with Crippen LogP contribution in [0.15, 0.2) is 18.2 Å². The minimum atomic E-state index is 0.0268. The lowest BCUT2D eigenvalue weighted by molar-refractivity contribution is 0.300. The van der Waals surface area contributed by atoms with E-state index in [1.54, 1.807) is 0 Å². The number of hydrogen-bond acceptors (Lipinski definition) is 2. The number of ether oxygens (including phenoxy) is 1. The predicted molar refractivity (Wildman–Crippen MR) is 87.3 cm³/mol. The molecule has 0 aromatic heterocycles. The third-order valence-corrected chi connectivity index (χ3v) is 3.66. The van der Waals surface area contributed by atoms with E-state index < -0.39 is 0 Å². The van der Waals surface area contributed by atoms with Gasteiger partial charge in [0.1, 0.15) is 5.75 Å². The van der Waals surface area contributed by atoms with E-state index in [1.807, 2.05) is 6.92 Å². The molecule has 0 heterocycles. The maximum absolute atomic E-state index is 6.00. The van der Waals surface area contributed by atoms with Crippen molar-refractivity contribution in [1.29, 1.82) is 0 Å². The highest BCUT2D eigenvalue weighted by Crippen LogP contribution is 2.25. The summed E-state index contributed by atoms with van der Waals surface area (Å²) in [5.74, 6) is 0.955. The van der Waals surface area contributed by atoms with E-state index in [9.17, 15) is 0 Å². The lowest BCUT2D eigenvalue weighted by Gasteiger charge is -2.14. The van der Waals surface area contributed by atoms with Crippen molar-refractivity contribution in [2.75, 3.05) is 6.61 Å². The van der Waals surface area contributed by atoms with Crippen molar-refractivity contribution in [2.45, 2.75) is 71.8 Å². The average molecular weight is 277 g/mol. The Labute approximate surface area is 124 Å². The van der Waals surface area contributed by atoms with Gasteiger partial charge in [-0.05, 0) is 26.3 Å². The maximum atomic E-state index is 6.00. The SMILES string of the molecule is CCCCCCCCCOc1ccc(C)cc1C(C)N. The van der Waals surface area contributed by atoms with Gasteiger partial charge < -0.3 is 10.5 Å². The number of rotatable bonds is 10. The summed E-state index contributed by atoms with van der Waals surface area (Å²) in [5.41, 5.74) is 8.36. The highest BCUT2D eigenvalue weighted by Gasteiger charge is 2.08. The molecule has 114 valence electrons. The molecule has 2 nitrogen and oxygen atoms in total. The molecule has 0 amide bonds. The summed E-state index contributed by atoms with van der Waals surface area (Å²) in [6, 6.07) is 6.30. The summed E-state index contributed by atoms with van der Waals surface area (Å²) in [4.78, 5) is 0. The number of nitrogens with two attached hydrogens (primary N) is 1. The van der Waals surface area contributed by atoms with E-state index in [1.165, 1.54) is 44.1 Å². The second kappa shape index (κ2) is 9.82. The van der Waals surface area contributed by atoms with Gasteiger partial charge in [-0.3, -0.25) is 0 Å². The van der Waals surface area contributed by atoms with Crippen LogP contribution >= 0.6 is 0 Å². The van der Waals surface area contributed by atoms with Gasteiger partial charge in [0.2, 0.25) is 0 Å². The van der Waals surface area contributed by atoms with Crippen LogP contribution in [0.5, 0.6) is 5.75 Å². The minimum absolute atomic E-state index is 0.0268. The Morgan fingerprint density at radius 1 is 1.05 bits per heavy atom. The molecular formula is C18H31NO. The molecule has 2 heteroatoms. The molecule has 0 radical (unpaired) electrons. The lowest BCUT2D eigenvalue weighted by atomic mass is 10.1. The van der Waals surface area contributed by atoms with Crippen LogP contribution in [0.4, 0.5) is 0 Å². The van der Waals surface area contributed by atoms with Gasteiger partial charge in [0.15, 0.2) is 0 Å². The fraction of sp³-hybridized carbons (Fsp3) is 0.667. The fourth-order valence-corrected chi connectivity index (χ4v) is 2.40. The van der Waals surface area contributed by atoms with Crippen molar-refractivity contribution in [3.63, 3.8) is 0 Å². The smallest absolute Gasteiger partial charge is 0.124 e. The Hall–Kier alpha value is -1.02. The van der Waals surface area contributed by atoms with E-state index in [-0.39, 0.29) is 6.04 Å². The van der Waals surface area contributed by atoms with Gasteiger partial charge in [-0.2, -0.15) is 0 Å². The third kappa shape index (κ3) is 6.42. The van der Waals surface area contributed by atoms with Gasteiger partial charge in [0.25, 0.3) is 0 Å². The molecule has 0 aliphatic carbocycles. The van der Waals surface area contributed by atoms with Crippen LogP contribution < -0.4 is 10.5 Å². The van der Waals surface area contributed by atoms with E-state index in [0.717, 1.165) is 24.3 Å². The summed E-state index contributed by atoms with van der Waals surface area (Å²) in [7, 11) is 0. The molecule has 0 saturated heterocycles. The van der Waals surface area contributed by atoms with Crippen LogP contribution in [0.3, 0.4) is 0 Å². The molecule has 0 spiro atoms. The van der Waals surface area contributed by atoms with Gasteiger partial charge >= 0.3 is 0 Å². The highest BCUT2D eigenvalue weighted by atomic mass is 16.5. The minimum Gasteiger partial charge on any atom is -0.493 e. The zero-order valence-corrected chi connectivity index (χ0v) is 13.5. The predicted octanol–water partition coefficient (Wildman–Crippen LogP) is 5.14. The standard InChI is InChI=1S/C18H31NO/c1-4-5-6-7-8-9-10-13-20-18-12-11-15(2)14-17(18)16(3)19/h11-12,14,16H,4-10,13,19H2,1-3H3. The molecule has 0 aliphatic heterocycles. The van der Waals surface area contributed by atoms with E-state index in [0.29, 0.717) is 0 Å². The topological polar surface area (TPSA) is 35.2 Å². The van der Waals surface area contributed by atoms with Gasteiger partial charge in [-0.1, -0.05) is 63.1 Å². The number of hydrogen-bond donors (Lipinski definition) is 1. The Kier molecular flexibility index (Phi) is 8.36. The molecule has 1 unspecified atom stereocenters. The Balaban J connectivity index is 2.25. The van der Waals surface area contributed by atoms with Crippen molar-refractivity contribution in [3.05, 3.63) is 29.3 Å². The van der Waals surface area contributed by atoms with Crippen molar-refractivity contribution >= 4 is 0 Å². The zero-order chi connectivity index (χ0) is 14.8. The van der Waals surface area contributed by atoms with Gasteiger partial charge in [-0.15, -0.1) is 0 Å². The van der Waals surface area contributed by atoms with Crippen LogP contribution in [0.2, 0.25) is 0 Å². The second-order valence-electron chi connectivity index (χ2n) is 5.80. The molecule has 0 fully saturated rings. The normalized spacial score (nSPS) is 12.4. The first-order valence-electron chi connectivity index (χ1n) is 8.14. The van der Waals surface area contributed by atoms with Gasteiger partial charge in [0.05, 0.1) is 6.61 Å². The molecule has 0 saturated carbocycles. The lowest BCUT2D eigenvalue weighted by Crippen LogP contribution is -2.09. The van der Waals surface area contributed by atoms with Crippen molar-refractivity contribution < 1.29 is 4.74 Å². The Bertz CT molecular complexity index is 374. The molecule has 0 aliphatic rings. The van der Waals surface area contributed by atoms with Crippen LogP contribution in [0, 0.1) is 6.92 Å².